The lowest BCUT2D eigenvalue weighted by atomic mass is 9.83. The van der Waals surface area contributed by atoms with E-state index in [0.29, 0.717) is 5.56 Å². The maximum absolute atomic E-state index is 12.4. The summed E-state index contributed by atoms with van der Waals surface area (Å²) in [7, 11) is 1.31. The number of ether oxygens (including phenoxy) is 3. The number of nitrogens with two attached hydrogens (primary N) is 1. The van der Waals surface area contributed by atoms with Gasteiger partial charge in [-0.2, -0.15) is 5.26 Å². The second-order valence-electron chi connectivity index (χ2n) is 5.30. The first-order valence-corrected chi connectivity index (χ1v) is 7.63. The second kappa shape index (κ2) is 7.57. The van der Waals surface area contributed by atoms with Gasteiger partial charge in [0.05, 0.1) is 30.1 Å². The number of carbonyl (C=O) groups is 1. The van der Waals surface area contributed by atoms with Crippen molar-refractivity contribution in [1.82, 2.24) is 0 Å². The Morgan fingerprint density at radius 3 is 2.73 bits per heavy atom. The van der Waals surface area contributed by atoms with E-state index in [1.165, 1.54) is 32.2 Å². The molecule has 1 unspecified atom stereocenters. The van der Waals surface area contributed by atoms with Crippen LogP contribution in [-0.2, 0) is 14.3 Å². The minimum Gasteiger partial charge on any atom is -0.490 e. The Bertz CT molecular complexity index is 866. The first kappa shape index (κ1) is 18.8. The maximum Gasteiger partial charge on any atom is 0.338 e. The molecular weight excluding hydrogens is 342 g/mol. The van der Waals surface area contributed by atoms with Crippen LogP contribution >= 0.6 is 0 Å². The number of methoxy groups -OCH3 is 1. The predicted molar refractivity (Wildman–Crippen MR) is 89.6 cm³/mol. The van der Waals surface area contributed by atoms with Crippen molar-refractivity contribution in [2.45, 2.75) is 19.8 Å². The van der Waals surface area contributed by atoms with Gasteiger partial charge in [-0.3, -0.25) is 10.1 Å². The number of nitriles is 1. The largest absolute Gasteiger partial charge is 0.490 e. The quantitative estimate of drug-likeness (QED) is 0.480. The number of allylic oxidation sites excluding steroid dienone is 2. The van der Waals surface area contributed by atoms with Crippen LogP contribution in [0, 0.1) is 21.4 Å². The van der Waals surface area contributed by atoms with Gasteiger partial charge in [-0.05, 0) is 25.5 Å². The summed E-state index contributed by atoms with van der Waals surface area (Å²) >= 11 is 0. The van der Waals surface area contributed by atoms with E-state index in [0.717, 1.165) is 0 Å². The van der Waals surface area contributed by atoms with Crippen LogP contribution in [0.3, 0.4) is 0 Å². The van der Waals surface area contributed by atoms with Crippen molar-refractivity contribution < 1.29 is 23.9 Å². The van der Waals surface area contributed by atoms with E-state index in [2.05, 4.69) is 0 Å². The van der Waals surface area contributed by atoms with Crippen molar-refractivity contribution in [2.24, 2.45) is 5.73 Å². The summed E-state index contributed by atoms with van der Waals surface area (Å²) in [5.74, 6) is -1.57. The molecule has 9 heteroatoms. The average Bonchev–Trinajstić information content (AvgIpc) is 2.60. The van der Waals surface area contributed by atoms with E-state index < -0.39 is 16.8 Å². The SMILES string of the molecule is CCOC(=O)C1=C(C)OC(N)=C(C#N)C1c1ccc(OC)c([N+](=O)[O-])c1. The van der Waals surface area contributed by atoms with Gasteiger partial charge in [-0.15, -0.1) is 0 Å². The highest BCUT2D eigenvalue weighted by Crippen LogP contribution is 2.41. The molecule has 0 amide bonds. The van der Waals surface area contributed by atoms with Gasteiger partial charge in [0.25, 0.3) is 0 Å². The average molecular weight is 359 g/mol. The molecule has 26 heavy (non-hydrogen) atoms. The van der Waals surface area contributed by atoms with Crippen LogP contribution in [-0.4, -0.2) is 24.6 Å². The van der Waals surface area contributed by atoms with Gasteiger partial charge in [-0.25, -0.2) is 4.79 Å². The Morgan fingerprint density at radius 1 is 1.50 bits per heavy atom. The summed E-state index contributed by atoms with van der Waals surface area (Å²) in [5, 5.41) is 20.8. The van der Waals surface area contributed by atoms with E-state index in [9.17, 15) is 20.2 Å². The fourth-order valence-electron chi connectivity index (χ4n) is 2.72. The van der Waals surface area contributed by atoms with Gasteiger partial charge < -0.3 is 19.9 Å². The number of carbonyl (C=O) groups excluding carboxylic acids is 1. The summed E-state index contributed by atoms with van der Waals surface area (Å²) in [6.07, 6.45) is 0. The lowest BCUT2D eigenvalue weighted by Crippen LogP contribution is -2.25. The molecule has 136 valence electrons. The number of benzene rings is 1. The molecule has 1 aromatic rings. The van der Waals surface area contributed by atoms with Crippen LogP contribution in [0.1, 0.15) is 25.3 Å². The van der Waals surface area contributed by atoms with Gasteiger partial charge in [0.2, 0.25) is 5.88 Å². The molecule has 0 bridgehead atoms. The summed E-state index contributed by atoms with van der Waals surface area (Å²) < 4.78 is 15.3. The van der Waals surface area contributed by atoms with Crippen LogP contribution in [0.4, 0.5) is 5.69 Å². The molecule has 0 aromatic heterocycles. The number of rotatable bonds is 5. The van der Waals surface area contributed by atoms with E-state index in [4.69, 9.17) is 19.9 Å². The predicted octanol–water partition coefficient (Wildman–Crippen LogP) is 2.25. The van der Waals surface area contributed by atoms with E-state index >= 15 is 0 Å². The van der Waals surface area contributed by atoms with Crippen molar-refractivity contribution >= 4 is 11.7 Å². The Kier molecular flexibility index (Phi) is 5.47. The van der Waals surface area contributed by atoms with Crippen LogP contribution in [0.25, 0.3) is 0 Å². The van der Waals surface area contributed by atoms with Crippen molar-refractivity contribution in [3.8, 4) is 11.8 Å². The first-order valence-electron chi connectivity index (χ1n) is 7.63. The molecule has 1 aromatic carbocycles. The summed E-state index contributed by atoms with van der Waals surface area (Å²) in [4.78, 5) is 23.1. The van der Waals surface area contributed by atoms with Gasteiger partial charge >= 0.3 is 11.7 Å². The molecule has 2 N–H and O–H groups in total. The fourth-order valence-corrected chi connectivity index (χ4v) is 2.72. The maximum atomic E-state index is 12.4. The van der Waals surface area contributed by atoms with Gasteiger partial charge in [0.15, 0.2) is 5.75 Å². The fraction of sp³-hybridized carbons (Fsp3) is 0.294. The molecule has 0 saturated heterocycles. The summed E-state index contributed by atoms with van der Waals surface area (Å²) in [5.41, 5.74) is 5.85. The third kappa shape index (κ3) is 3.30. The number of nitrogens with zero attached hydrogens (tertiary/aromatic N) is 2. The van der Waals surface area contributed by atoms with Gasteiger partial charge in [0, 0.05) is 6.07 Å². The van der Waals surface area contributed by atoms with Gasteiger partial charge in [0.1, 0.15) is 17.4 Å². The van der Waals surface area contributed by atoms with E-state index in [1.807, 2.05) is 6.07 Å². The number of nitro benzene ring substituents is 1. The van der Waals surface area contributed by atoms with Crippen molar-refractivity contribution in [3.05, 3.63) is 56.7 Å². The topological polar surface area (TPSA) is 138 Å². The van der Waals surface area contributed by atoms with Crippen LogP contribution in [0.2, 0.25) is 0 Å². The third-order valence-corrected chi connectivity index (χ3v) is 3.83. The highest BCUT2D eigenvalue weighted by molar-refractivity contribution is 5.92. The molecule has 1 heterocycles. The number of hydrogen-bond acceptors (Lipinski definition) is 8. The zero-order chi connectivity index (χ0) is 19.4. The lowest BCUT2D eigenvalue weighted by molar-refractivity contribution is -0.385. The van der Waals surface area contributed by atoms with E-state index in [-0.39, 0.29) is 40.8 Å². The lowest BCUT2D eigenvalue weighted by Gasteiger charge is -2.26. The molecule has 0 aliphatic carbocycles. The molecular formula is C17H17N3O6. The Balaban J connectivity index is 2.69. The van der Waals surface area contributed by atoms with Crippen LogP contribution in [0.5, 0.6) is 5.75 Å². The summed E-state index contributed by atoms with van der Waals surface area (Å²) in [6, 6.07) is 6.08. The Hall–Kier alpha value is -3.54. The second-order valence-corrected chi connectivity index (χ2v) is 5.30. The standard InChI is InChI=1S/C17H17N3O6/c1-4-25-17(21)14-9(2)26-16(19)11(8-18)15(14)10-5-6-13(24-3)12(7-10)20(22)23/h5-7,15H,4,19H2,1-3H3. The number of esters is 1. The van der Waals surface area contributed by atoms with Crippen LogP contribution in [0.15, 0.2) is 41.0 Å². The zero-order valence-corrected chi connectivity index (χ0v) is 14.4. The Labute approximate surface area is 149 Å². The molecule has 1 aliphatic heterocycles. The zero-order valence-electron chi connectivity index (χ0n) is 14.4. The van der Waals surface area contributed by atoms with Crippen molar-refractivity contribution in [2.75, 3.05) is 13.7 Å². The Morgan fingerprint density at radius 2 is 2.19 bits per heavy atom. The third-order valence-electron chi connectivity index (χ3n) is 3.83. The first-order chi connectivity index (χ1) is 12.3. The monoisotopic (exact) mass is 359 g/mol. The normalized spacial score (nSPS) is 16.6. The minimum atomic E-state index is -0.947. The van der Waals surface area contributed by atoms with Crippen molar-refractivity contribution in [1.29, 1.82) is 5.26 Å². The molecule has 9 nitrogen and oxygen atoms in total. The molecule has 0 saturated carbocycles. The number of nitro groups is 1. The highest BCUT2D eigenvalue weighted by Gasteiger charge is 2.37. The highest BCUT2D eigenvalue weighted by atomic mass is 16.6. The molecule has 0 spiro atoms. The molecule has 0 radical (unpaired) electrons. The number of hydrogen-bond donors (Lipinski definition) is 1. The van der Waals surface area contributed by atoms with E-state index in [1.54, 1.807) is 6.92 Å². The van der Waals surface area contributed by atoms with Crippen molar-refractivity contribution in [3.63, 3.8) is 0 Å². The molecule has 1 aliphatic rings. The summed E-state index contributed by atoms with van der Waals surface area (Å²) in [6.45, 7) is 3.27. The van der Waals surface area contributed by atoms with Gasteiger partial charge in [-0.1, -0.05) is 6.07 Å². The molecule has 1 atom stereocenters. The molecule has 0 fully saturated rings. The minimum absolute atomic E-state index is 0.0295. The smallest absolute Gasteiger partial charge is 0.338 e. The van der Waals surface area contributed by atoms with Crippen LogP contribution < -0.4 is 10.5 Å². The molecule has 2 rings (SSSR count).